The van der Waals surface area contributed by atoms with Gasteiger partial charge in [0.05, 0.1) is 5.69 Å². The van der Waals surface area contributed by atoms with E-state index >= 15 is 0 Å². The van der Waals surface area contributed by atoms with E-state index < -0.39 is 0 Å². The van der Waals surface area contributed by atoms with Crippen LogP contribution < -0.4 is 10.6 Å². The molecule has 3 N–H and O–H groups in total. The summed E-state index contributed by atoms with van der Waals surface area (Å²) in [6, 6.07) is 6.48. The molecule has 2 rings (SSSR count). The van der Waals surface area contributed by atoms with Gasteiger partial charge in [-0.1, -0.05) is 30.1 Å². The van der Waals surface area contributed by atoms with Crippen LogP contribution in [0.25, 0.3) is 0 Å². The second-order valence-electron chi connectivity index (χ2n) is 5.01. The molecule has 1 aliphatic rings. The summed E-state index contributed by atoms with van der Waals surface area (Å²) in [7, 11) is 2.10. The van der Waals surface area contributed by atoms with Crippen molar-refractivity contribution in [1.29, 1.82) is 0 Å². The van der Waals surface area contributed by atoms with Crippen LogP contribution in [0.3, 0.4) is 0 Å². The van der Waals surface area contributed by atoms with Crippen molar-refractivity contribution in [2.75, 3.05) is 11.9 Å². The van der Waals surface area contributed by atoms with Crippen molar-refractivity contribution in [2.45, 2.75) is 38.6 Å². The summed E-state index contributed by atoms with van der Waals surface area (Å²) in [6.07, 6.45) is 5.03. The van der Waals surface area contributed by atoms with E-state index in [0.29, 0.717) is 6.04 Å². The quantitative estimate of drug-likeness (QED) is 0.373. The molecule has 0 amide bonds. The fourth-order valence-electron chi connectivity index (χ4n) is 2.86. The van der Waals surface area contributed by atoms with Crippen LogP contribution in [0.2, 0.25) is 0 Å². The summed E-state index contributed by atoms with van der Waals surface area (Å²) < 4.78 is 0. The fourth-order valence-corrected chi connectivity index (χ4v) is 2.86. The highest BCUT2D eigenvalue weighted by molar-refractivity contribution is 6.02. The number of nitrogens with zero attached hydrogens (tertiary/aromatic N) is 2. The number of aryl methyl sites for hydroxylation is 1. The van der Waals surface area contributed by atoms with Crippen molar-refractivity contribution in [3.8, 4) is 0 Å². The van der Waals surface area contributed by atoms with Gasteiger partial charge in [0.2, 0.25) is 0 Å². The van der Waals surface area contributed by atoms with Gasteiger partial charge in [0.25, 0.3) is 0 Å². The number of anilines is 1. The van der Waals surface area contributed by atoms with Crippen LogP contribution in [0.5, 0.6) is 0 Å². The van der Waals surface area contributed by atoms with Gasteiger partial charge in [-0.05, 0) is 31.4 Å². The highest BCUT2D eigenvalue weighted by Gasteiger charge is 2.23. The maximum Gasteiger partial charge on any atom is 0.172 e. The Bertz CT molecular complexity index is 450. The lowest BCUT2D eigenvalue weighted by molar-refractivity contribution is 0.318. The first-order valence-corrected chi connectivity index (χ1v) is 6.45. The molecule has 4 nitrogen and oxygen atoms in total. The lowest BCUT2D eigenvalue weighted by atomic mass is 10.0. The van der Waals surface area contributed by atoms with E-state index in [4.69, 9.17) is 10.9 Å². The number of hydrogen-bond acceptors (Lipinski definition) is 3. The largest absolute Gasteiger partial charge is 0.409 e. The van der Waals surface area contributed by atoms with Crippen molar-refractivity contribution < 1.29 is 5.21 Å². The van der Waals surface area contributed by atoms with Crippen LogP contribution in [0, 0.1) is 6.92 Å². The molecule has 1 fully saturated rings. The summed E-state index contributed by atoms with van der Waals surface area (Å²) >= 11 is 0. The minimum Gasteiger partial charge on any atom is -0.409 e. The monoisotopic (exact) mass is 247 g/mol. The average Bonchev–Trinajstić information content (AvgIpc) is 2.90. The van der Waals surface area contributed by atoms with Crippen molar-refractivity contribution in [3.05, 3.63) is 29.3 Å². The second-order valence-corrected chi connectivity index (χ2v) is 5.01. The fraction of sp³-hybridized carbons (Fsp3) is 0.500. The maximum absolute atomic E-state index is 8.90. The zero-order valence-electron chi connectivity index (χ0n) is 11.1. The first-order chi connectivity index (χ1) is 8.65. The molecular weight excluding hydrogens is 226 g/mol. The molecule has 1 aromatic rings. The number of hydrogen-bond donors (Lipinski definition) is 2. The molecule has 0 heterocycles. The van der Waals surface area contributed by atoms with E-state index in [1.165, 1.54) is 25.7 Å². The molecule has 0 unspecified atom stereocenters. The normalized spacial score (nSPS) is 17.1. The standard InChI is InChI=1S/C14H21N3O/c1-10-6-5-9-12(14(15)16-18)13(10)17(2)11-7-3-4-8-11/h5-6,9,11,18H,3-4,7-8H2,1-2H3,(H2,15,16). The molecular formula is C14H21N3O. The van der Waals surface area contributed by atoms with E-state index in [9.17, 15) is 0 Å². The maximum atomic E-state index is 8.90. The summed E-state index contributed by atoms with van der Waals surface area (Å²) in [5.41, 5.74) is 8.83. The number of oxime groups is 1. The number of nitrogens with two attached hydrogens (primary N) is 1. The molecule has 0 aliphatic heterocycles. The molecule has 18 heavy (non-hydrogen) atoms. The molecule has 0 bridgehead atoms. The van der Waals surface area contributed by atoms with Crippen LogP contribution in [0.1, 0.15) is 36.8 Å². The Morgan fingerprint density at radius 3 is 2.67 bits per heavy atom. The zero-order chi connectivity index (χ0) is 13.1. The van der Waals surface area contributed by atoms with Crippen molar-refractivity contribution in [3.63, 3.8) is 0 Å². The Labute approximate surface area is 108 Å². The van der Waals surface area contributed by atoms with Gasteiger partial charge in [-0.2, -0.15) is 0 Å². The van der Waals surface area contributed by atoms with E-state index in [2.05, 4.69) is 30.1 Å². The van der Waals surface area contributed by atoms with Gasteiger partial charge in [-0.3, -0.25) is 0 Å². The Kier molecular flexibility index (Phi) is 3.75. The molecule has 0 atom stereocenters. The van der Waals surface area contributed by atoms with Crippen LogP contribution in [0.4, 0.5) is 5.69 Å². The predicted molar refractivity (Wildman–Crippen MR) is 74.3 cm³/mol. The molecule has 0 saturated heterocycles. The van der Waals surface area contributed by atoms with Crippen LogP contribution in [-0.2, 0) is 0 Å². The molecule has 0 spiro atoms. The van der Waals surface area contributed by atoms with Gasteiger partial charge >= 0.3 is 0 Å². The third kappa shape index (κ3) is 2.28. The number of rotatable bonds is 3. The predicted octanol–water partition coefficient (Wildman–Crippen LogP) is 2.47. The number of benzene rings is 1. The van der Waals surface area contributed by atoms with Crippen molar-refractivity contribution >= 4 is 11.5 Å². The first kappa shape index (κ1) is 12.7. The Morgan fingerprint density at radius 2 is 2.06 bits per heavy atom. The summed E-state index contributed by atoms with van der Waals surface area (Å²) in [5.74, 6) is 0.179. The van der Waals surface area contributed by atoms with Crippen LogP contribution in [-0.4, -0.2) is 24.1 Å². The smallest absolute Gasteiger partial charge is 0.172 e. The van der Waals surface area contributed by atoms with Gasteiger partial charge in [0.15, 0.2) is 5.84 Å². The first-order valence-electron chi connectivity index (χ1n) is 6.45. The van der Waals surface area contributed by atoms with Crippen molar-refractivity contribution in [2.24, 2.45) is 10.9 Å². The topological polar surface area (TPSA) is 61.9 Å². The lowest BCUT2D eigenvalue weighted by Gasteiger charge is -2.30. The summed E-state index contributed by atoms with van der Waals surface area (Å²) in [5, 5.41) is 12.0. The number of amidine groups is 1. The van der Waals surface area contributed by atoms with Gasteiger partial charge in [0, 0.05) is 18.7 Å². The average molecular weight is 247 g/mol. The number of para-hydroxylation sites is 1. The van der Waals surface area contributed by atoms with E-state index in [1.54, 1.807) is 0 Å². The molecule has 1 aromatic carbocycles. The van der Waals surface area contributed by atoms with E-state index in [-0.39, 0.29) is 5.84 Å². The van der Waals surface area contributed by atoms with Gasteiger partial charge in [-0.15, -0.1) is 0 Å². The van der Waals surface area contributed by atoms with Crippen molar-refractivity contribution in [1.82, 2.24) is 0 Å². The minimum absolute atomic E-state index is 0.179. The van der Waals surface area contributed by atoms with E-state index in [1.807, 2.05) is 12.1 Å². The third-order valence-corrected chi connectivity index (χ3v) is 3.85. The molecule has 0 aromatic heterocycles. The SMILES string of the molecule is Cc1cccc(/C(N)=N/O)c1N(C)C1CCCC1. The Hall–Kier alpha value is -1.71. The van der Waals surface area contributed by atoms with E-state index in [0.717, 1.165) is 16.8 Å². The third-order valence-electron chi connectivity index (χ3n) is 3.85. The second kappa shape index (κ2) is 5.29. The van der Waals surface area contributed by atoms with Crippen LogP contribution in [0.15, 0.2) is 23.4 Å². The van der Waals surface area contributed by atoms with Crippen LogP contribution >= 0.6 is 0 Å². The minimum atomic E-state index is 0.179. The highest BCUT2D eigenvalue weighted by Crippen LogP contribution is 2.31. The molecule has 4 heteroatoms. The highest BCUT2D eigenvalue weighted by atomic mass is 16.4. The molecule has 1 aliphatic carbocycles. The summed E-state index contributed by atoms with van der Waals surface area (Å²) in [6.45, 7) is 2.06. The molecule has 98 valence electrons. The Morgan fingerprint density at radius 1 is 1.39 bits per heavy atom. The Balaban J connectivity index is 2.41. The molecule has 1 saturated carbocycles. The van der Waals surface area contributed by atoms with Gasteiger partial charge in [0.1, 0.15) is 0 Å². The lowest BCUT2D eigenvalue weighted by Crippen LogP contribution is -2.32. The summed E-state index contributed by atoms with van der Waals surface area (Å²) in [4.78, 5) is 2.29. The molecule has 0 radical (unpaired) electrons. The zero-order valence-corrected chi connectivity index (χ0v) is 11.1. The van der Waals surface area contributed by atoms with Gasteiger partial charge < -0.3 is 15.8 Å². The van der Waals surface area contributed by atoms with Gasteiger partial charge in [-0.25, -0.2) is 0 Å².